The van der Waals surface area contributed by atoms with E-state index in [-0.39, 0.29) is 29.4 Å². The molecule has 0 radical (unpaired) electrons. The molecule has 3 atom stereocenters. The summed E-state index contributed by atoms with van der Waals surface area (Å²) in [6, 6.07) is 6.23. The molecule has 3 aliphatic heterocycles. The van der Waals surface area contributed by atoms with Crippen LogP contribution in [0.2, 0.25) is 5.02 Å². The van der Waals surface area contributed by atoms with Crippen LogP contribution < -0.4 is 5.32 Å². The van der Waals surface area contributed by atoms with Crippen LogP contribution in [-0.4, -0.2) is 72.6 Å². The number of hydrogen-bond acceptors (Lipinski definition) is 6. The number of fused-ring (bicyclic) bond motifs is 1. The number of rotatable bonds is 4. The highest BCUT2D eigenvalue weighted by Crippen LogP contribution is 2.59. The minimum Gasteiger partial charge on any atom is -0.389 e. The molecule has 182 valence electrons. The molecule has 7 nitrogen and oxygen atoms in total. The predicted octanol–water partition coefficient (Wildman–Crippen LogP) is 3.58. The number of likely N-dealkylation sites (tertiary alicyclic amines) is 1. The zero-order valence-electron chi connectivity index (χ0n) is 19.3. The van der Waals surface area contributed by atoms with Crippen LogP contribution in [0.5, 0.6) is 0 Å². The standard InChI is InChI=1S/C26H32ClN3O4/c27-21-10-18-13-28-24(29-25(32)20-12-26(20)3-7-33-8-4-26)11-17(18)9-19(21)16-1-5-30(6-2-16)22-14-34-15-23(22)31/h9-11,13,16,20,22-23,31H,1-8,12,14-15H2,(H,28,29,32)/t20-,22-,23+/m0/s1. The largest absolute Gasteiger partial charge is 0.389 e. The molecule has 2 aromatic rings. The SMILES string of the molecule is O=C(Nc1cc2cc(C3CCN([C@H]4COC[C@H]4O)CC3)c(Cl)cc2cn1)[C@@H]1CC12CCOCC2. The van der Waals surface area contributed by atoms with E-state index in [9.17, 15) is 9.90 Å². The molecule has 0 unspecified atom stereocenters. The van der Waals surface area contributed by atoms with Gasteiger partial charge < -0.3 is 19.9 Å². The molecule has 1 aliphatic carbocycles. The van der Waals surface area contributed by atoms with Crippen LogP contribution >= 0.6 is 11.6 Å². The third kappa shape index (κ3) is 4.22. The highest BCUT2D eigenvalue weighted by molar-refractivity contribution is 6.32. The first-order valence-electron chi connectivity index (χ1n) is 12.5. The summed E-state index contributed by atoms with van der Waals surface area (Å²) < 4.78 is 10.9. The van der Waals surface area contributed by atoms with Crippen molar-refractivity contribution in [3.8, 4) is 0 Å². The van der Waals surface area contributed by atoms with E-state index in [2.05, 4.69) is 21.3 Å². The first-order valence-corrected chi connectivity index (χ1v) is 12.9. The van der Waals surface area contributed by atoms with Crippen LogP contribution in [-0.2, 0) is 14.3 Å². The minimum absolute atomic E-state index is 0.0728. The number of nitrogens with one attached hydrogen (secondary N) is 1. The number of aliphatic hydroxyl groups is 1. The first-order chi connectivity index (χ1) is 16.5. The fourth-order valence-electron chi connectivity index (χ4n) is 6.25. The van der Waals surface area contributed by atoms with E-state index in [0.29, 0.717) is 24.9 Å². The number of aliphatic hydroxyl groups excluding tert-OH is 1. The maximum absolute atomic E-state index is 12.9. The quantitative estimate of drug-likeness (QED) is 0.688. The summed E-state index contributed by atoms with van der Waals surface area (Å²) in [5.74, 6) is 1.13. The number of amides is 1. The fraction of sp³-hybridized carbons (Fsp3) is 0.615. The Morgan fingerprint density at radius 2 is 1.91 bits per heavy atom. The third-order valence-electron chi connectivity index (χ3n) is 8.54. The molecule has 2 N–H and O–H groups in total. The normalized spacial score (nSPS) is 29.5. The molecule has 4 aliphatic rings. The monoisotopic (exact) mass is 485 g/mol. The van der Waals surface area contributed by atoms with Gasteiger partial charge in [0.05, 0.1) is 25.4 Å². The van der Waals surface area contributed by atoms with Crippen molar-refractivity contribution in [3.63, 3.8) is 0 Å². The summed E-state index contributed by atoms with van der Waals surface area (Å²) in [6.45, 7) is 4.42. The molecular formula is C26H32ClN3O4. The Hall–Kier alpha value is -1.77. The van der Waals surface area contributed by atoms with E-state index in [0.717, 1.165) is 79.8 Å². The Bertz CT molecular complexity index is 1080. The van der Waals surface area contributed by atoms with Gasteiger partial charge in [-0.3, -0.25) is 9.69 Å². The van der Waals surface area contributed by atoms with E-state index in [1.165, 1.54) is 0 Å². The zero-order chi connectivity index (χ0) is 23.3. The molecule has 1 saturated carbocycles. The van der Waals surface area contributed by atoms with Crippen LogP contribution in [0.4, 0.5) is 5.82 Å². The predicted molar refractivity (Wildman–Crippen MR) is 130 cm³/mol. The molecule has 3 saturated heterocycles. The minimum atomic E-state index is -0.390. The highest BCUT2D eigenvalue weighted by Gasteiger charge is 2.58. The molecule has 1 aromatic carbocycles. The molecule has 4 fully saturated rings. The van der Waals surface area contributed by atoms with Gasteiger partial charge in [0, 0.05) is 35.7 Å². The van der Waals surface area contributed by atoms with Crippen LogP contribution in [0, 0.1) is 11.3 Å². The van der Waals surface area contributed by atoms with Crippen molar-refractivity contribution in [2.75, 3.05) is 44.8 Å². The number of carbonyl (C=O) groups excluding carboxylic acids is 1. The van der Waals surface area contributed by atoms with Crippen LogP contribution in [0.3, 0.4) is 0 Å². The Balaban J connectivity index is 1.15. The van der Waals surface area contributed by atoms with E-state index in [4.69, 9.17) is 21.1 Å². The van der Waals surface area contributed by atoms with Gasteiger partial charge in [0.2, 0.25) is 5.91 Å². The molecule has 4 heterocycles. The van der Waals surface area contributed by atoms with Crippen molar-refractivity contribution in [1.29, 1.82) is 0 Å². The van der Waals surface area contributed by atoms with Gasteiger partial charge in [0.1, 0.15) is 5.82 Å². The molecule has 1 spiro atoms. The summed E-state index contributed by atoms with van der Waals surface area (Å²) in [5.41, 5.74) is 1.30. The van der Waals surface area contributed by atoms with Crippen molar-refractivity contribution in [3.05, 3.63) is 35.0 Å². The molecule has 1 amide bonds. The zero-order valence-corrected chi connectivity index (χ0v) is 20.1. The van der Waals surface area contributed by atoms with Crippen LogP contribution in [0.1, 0.15) is 43.6 Å². The number of ether oxygens (including phenoxy) is 2. The summed E-state index contributed by atoms with van der Waals surface area (Å²) >= 11 is 6.70. The lowest BCUT2D eigenvalue weighted by atomic mass is 9.87. The van der Waals surface area contributed by atoms with Gasteiger partial charge in [-0.25, -0.2) is 4.98 Å². The Labute approximate surface area is 204 Å². The molecule has 1 aromatic heterocycles. The van der Waals surface area contributed by atoms with Crippen molar-refractivity contribution in [2.45, 2.75) is 50.2 Å². The topological polar surface area (TPSA) is 83.9 Å². The summed E-state index contributed by atoms with van der Waals surface area (Å²) in [6.07, 6.45) is 6.31. The number of hydrogen-bond donors (Lipinski definition) is 2. The number of pyridine rings is 1. The number of nitrogens with zero attached hydrogens (tertiary/aromatic N) is 2. The second kappa shape index (κ2) is 9.03. The van der Waals surface area contributed by atoms with Crippen LogP contribution in [0.25, 0.3) is 10.8 Å². The van der Waals surface area contributed by atoms with E-state index in [1.807, 2.05) is 12.1 Å². The average molecular weight is 486 g/mol. The van der Waals surface area contributed by atoms with Crippen molar-refractivity contribution < 1.29 is 19.4 Å². The number of piperidine rings is 1. The lowest BCUT2D eigenvalue weighted by Crippen LogP contribution is -2.46. The molecule has 6 rings (SSSR count). The van der Waals surface area contributed by atoms with E-state index >= 15 is 0 Å². The maximum atomic E-state index is 12.9. The summed E-state index contributed by atoms with van der Waals surface area (Å²) in [5, 5.41) is 16.0. The van der Waals surface area contributed by atoms with Crippen molar-refractivity contribution in [2.24, 2.45) is 11.3 Å². The van der Waals surface area contributed by atoms with Gasteiger partial charge in [-0.15, -0.1) is 0 Å². The Morgan fingerprint density at radius 3 is 2.65 bits per heavy atom. The van der Waals surface area contributed by atoms with Crippen molar-refractivity contribution >= 4 is 34.1 Å². The van der Waals surface area contributed by atoms with Gasteiger partial charge >= 0.3 is 0 Å². The number of carbonyl (C=O) groups is 1. The number of anilines is 1. The van der Waals surface area contributed by atoms with Crippen molar-refractivity contribution in [1.82, 2.24) is 9.88 Å². The Kier molecular flexibility index (Phi) is 6.02. The van der Waals surface area contributed by atoms with Gasteiger partial charge in [0.25, 0.3) is 0 Å². The maximum Gasteiger partial charge on any atom is 0.229 e. The van der Waals surface area contributed by atoms with Gasteiger partial charge in [-0.2, -0.15) is 0 Å². The fourth-order valence-corrected chi connectivity index (χ4v) is 6.58. The van der Waals surface area contributed by atoms with Gasteiger partial charge in [-0.1, -0.05) is 11.6 Å². The van der Waals surface area contributed by atoms with E-state index < -0.39 is 0 Å². The average Bonchev–Trinajstić information content (AvgIpc) is 3.36. The second-order valence-corrected chi connectivity index (χ2v) is 10.9. The smallest absolute Gasteiger partial charge is 0.229 e. The Morgan fingerprint density at radius 1 is 1.12 bits per heavy atom. The summed E-state index contributed by atoms with van der Waals surface area (Å²) in [4.78, 5) is 19.7. The molecule has 8 heteroatoms. The number of benzene rings is 1. The van der Waals surface area contributed by atoms with Gasteiger partial charge in [-0.05, 0) is 85.7 Å². The highest BCUT2D eigenvalue weighted by atomic mass is 35.5. The first kappa shape index (κ1) is 22.7. The van der Waals surface area contributed by atoms with Crippen LogP contribution in [0.15, 0.2) is 24.4 Å². The molecular weight excluding hydrogens is 454 g/mol. The third-order valence-corrected chi connectivity index (χ3v) is 8.87. The lowest BCUT2D eigenvalue weighted by molar-refractivity contribution is -0.118. The summed E-state index contributed by atoms with van der Waals surface area (Å²) in [7, 11) is 0. The van der Waals surface area contributed by atoms with E-state index in [1.54, 1.807) is 6.20 Å². The molecule has 34 heavy (non-hydrogen) atoms. The van der Waals surface area contributed by atoms with Gasteiger partial charge in [0.15, 0.2) is 0 Å². The number of aromatic nitrogens is 1. The number of halogens is 1. The lowest BCUT2D eigenvalue weighted by Gasteiger charge is -2.36. The molecule has 0 bridgehead atoms. The second-order valence-electron chi connectivity index (χ2n) is 10.5.